The highest BCUT2D eigenvalue weighted by atomic mass is 32.2. The van der Waals surface area contributed by atoms with Gasteiger partial charge in [0.25, 0.3) is 10.0 Å². The Morgan fingerprint density at radius 3 is 2.14 bits per heavy atom. The second-order valence-electron chi connectivity index (χ2n) is 4.22. The van der Waals surface area contributed by atoms with Crippen LogP contribution in [0.5, 0.6) is 0 Å². The molecule has 0 fully saturated rings. The monoisotopic (exact) mass is 316 g/mol. The molecule has 0 atom stereocenters. The second kappa shape index (κ2) is 6.85. The lowest BCUT2D eigenvalue weighted by Crippen LogP contribution is -2.36. The van der Waals surface area contributed by atoms with Crippen LogP contribution in [-0.4, -0.2) is 18.8 Å². The molecule has 2 aromatic carbocycles. The maximum atomic E-state index is 12.4. The van der Waals surface area contributed by atoms with E-state index in [1.165, 1.54) is 30.3 Å². The summed E-state index contributed by atoms with van der Waals surface area (Å²) in [4.78, 5) is 16.6. The second-order valence-corrected chi connectivity index (χ2v) is 5.97. The summed E-state index contributed by atoms with van der Waals surface area (Å²) in [5.74, 6) is -1.31. The molecular formula is C15H12N2O4S. The van der Waals surface area contributed by atoms with Gasteiger partial charge in [0.05, 0.1) is 4.90 Å². The van der Waals surface area contributed by atoms with Crippen LogP contribution >= 0.6 is 0 Å². The van der Waals surface area contributed by atoms with Crippen molar-refractivity contribution in [2.45, 2.75) is 11.5 Å². The Hall–Kier alpha value is -2.69. The molecule has 0 aliphatic rings. The topological polar surface area (TPSA) is 87.5 Å². The number of sulfonamides is 1. The minimum absolute atomic E-state index is 0.120. The molecule has 0 unspecified atom stereocenters. The highest BCUT2D eigenvalue weighted by Crippen LogP contribution is 2.17. The van der Waals surface area contributed by atoms with Crippen molar-refractivity contribution in [2.75, 3.05) is 0 Å². The molecule has 0 saturated heterocycles. The molecule has 2 rings (SSSR count). The number of nitriles is 1. The Balaban J connectivity index is 2.27. The lowest BCUT2D eigenvalue weighted by Gasteiger charge is -2.18. The normalized spacial score (nSPS) is 10.7. The zero-order valence-corrected chi connectivity index (χ0v) is 12.2. The van der Waals surface area contributed by atoms with Crippen LogP contribution in [0.1, 0.15) is 5.56 Å². The van der Waals surface area contributed by atoms with Crippen molar-refractivity contribution in [1.82, 2.24) is 4.47 Å². The molecule has 0 bridgehead atoms. The number of benzene rings is 2. The first-order valence-electron chi connectivity index (χ1n) is 6.27. The third kappa shape index (κ3) is 3.49. The van der Waals surface area contributed by atoms with Crippen molar-refractivity contribution in [3.05, 3.63) is 66.2 Å². The SMILES string of the molecule is N#CC(=O)N(OCc1ccccc1)S(=O)(=O)c1ccccc1. The molecule has 0 aliphatic heterocycles. The van der Waals surface area contributed by atoms with Crippen molar-refractivity contribution in [3.63, 3.8) is 0 Å². The maximum absolute atomic E-state index is 12.4. The predicted molar refractivity (Wildman–Crippen MR) is 77.3 cm³/mol. The zero-order chi connectivity index (χ0) is 16.0. The molecule has 0 aliphatic carbocycles. The Morgan fingerprint density at radius 1 is 1.05 bits per heavy atom. The average molecular weight is 316 g/mol. The molecule has 2 aromatic rings. The van der Waals surface area contributed by atoms with Crippen LogP contribution in [0, 0.1) is 11.3 Å². The molecule has 0 spiro atoms. The molecule has 1 amide bonds. The Morgan fingerprint density at radius 2 is 1.59 bits per heavy atom. The van der Waals surface area contributed by atoms with E-state index >= 15 is 0 Å². The van der Waals surface area contributed by atoms with Gasteiger partial charge in [-0.2, -0.15) is 13.7 Å². The number of carbonyl (C=O) groups is 1. The summed E-state index contributed by atoms with van der Waals surface area (Å²) in [6.45, 7) is -0.152. The number of nitrogens with zero attached hydrogens (tertiary/aromatic N) is 2. The van der Waals surface area contributed by atoms with Gasteiger partial charge in [-0.15, -0.1) is 0 Å². The number of amides is 1. The van der Waals surface area contributed by atoms with E-state index in [9.17, 15) is 13.2 Å². The number of rotatable bonds is 5. The molecule has 22 heavy (non-hydrogen) atoms. The van der Waals surface area contributed by atoms with Crippen LogP contribution in [0.15, 0.2) is 65.6 Å². The van der Waals surface area contributed by atoms with E-state index < -0.39 is 15.9 Å². The fourth-order valence-electron chi connectivity index (χ4n) is 1.67. The molecule has 6 nitrogen and oxygen atoms in total. The number of hydrogen-bond acceptors (Lipinski definition) is 5. The first-order valence-corrected chi connectivity index (χ1v) is 7.71. The van der Waals surface area contributed by atoms with Gasteiger partial charge >= 0.3 is 5.91 Å². The smallest absolute Gasteiger partial charge is 0.253 e. The number of hydroxylamine groups is 1. The van der Waals surface area contributed by atoms with Gasteiger partial charge in [0.15, 0.2) is 6.07 Å². The van der Waals surface area contributed by atoms with Crippen LogP contribution in [0.3, 0.4) is 0 Å². The fourth-order valence-corrected chi connectivity index (χ4v) is 2.82. The minimum atomic E-state index is -4.24. The molecule has 7 heteroatoms. The summed E-state index contributed by atoms with van der Waals surface area (Å²) in [6, 6.07) is 17.3. The quantitative estimate of drug-likeness (QED) is 0.620. The van der Waals surface area contributed by atoms with Gasteiger partial charge in [-0.3, -0.25) is 9.63 Å². The highest BCUT2D eigenvalue weighted by molar-refractivity contribution is 7.89. The molecule has 0 aromatic heterocycles. The van der Waals surface area contributed by atoms with Gasteiger partial charge < -0.3 is 0 Å². The summed E-state index contributed by atoms with van der Waals surface area (Å²) < 4.78 is 24.9. The van der Waals surface area contributed by atoms with E-state index in [-0.39, 0.29) is 16.0 Å². The van der Waals surface area contributed by atoms with E-state index in [4.69, 9.17) is 10.1 Å². The summed E-state index contributed by atoms with van der Waals surface area (Å²) >= 11 is 0. The predicted octanol–water partition coefficient (Wildman–Crippen LogP) is 1.86. The molecule has 112 valence electrons. The van der Waals surface area contributed by atoms with Crippen molar-refractivity contribution in [1.29, 1.82) is 5.26 Å². The van der Waals surface area contributed by atoms with E-state index in [0.717, 1.165) is 0 Å². The molecule has 0 N–H and O–H groups in total. The lowest BCUT2D eigenvalue weighted by molar-refractivity contribution is -0.154. The van der Waals surface area contributed by atoms with Gasteiger partial charge in [-0.25, -0.2) is 0 Å². The Labute approximate surface area is 128 Å². The summed E-state index contributed by atoms with van der Waals surface area (Å²) in [5, 5.41) is 8.73. The first-order chi connectivity index (χ1) is 10.6. The van der Waals surface area contributed by atoms with Crippen LogP contribution in [0.4, 0.5) is 0 Å². The summed E-state index contributed by atoms with van der Waals surface area (Å²) in [5.41, 5.74) is 0.668. The molecule has 0 radical (unpaired) electrons. The van der Waals surface area contributed by atoms with Gasteiger partial charge in [-0.1, -0.05) is 53.0 Å². The minimum Gasteiger partial charge on any atom is -0.253 e. The third-order valence-electron chi connectivity index (χ3n) is 2.71. The fraction of sp³-hybridized carbons (Fsp3) is 0.0667. The number of carbonyl (C=O) groups excluding carboxylic acids is 1. The maximum Gasteiger partial charge on any atom is 0.363 e. The van der Waals surface area contributed by atoms with E-state index in [1.807, 2.05) is 0 Å². The number of hydrogen-bond donors (Lipinski definition) is 0. The third-order valence-corrected chi connectivity index (χ3v) is 4.29. The Bertz CT molecular complexity index is 783. The van der Waals surface area contributed by atoms with Crippen LogP contribution in [0.2, 0.25) is 0 Å². The van der Waals surface area contributed by atoms with Crippen LogP contribution in [0.25, 0.3) is 0 Å². The van der Waals surface area contributed by atoms with Crippen molar-refractivity contribution < 1.29 is 18.0 Å². The highest BCUT2D eigenvalue weighted by Gasteiger charge is 2.30. The largest absolute Gasteiger partial charge is 0.363 e. The van der Waals surface area contributed by atoms with Crippen LogP contribution < -0.4 is 0 Å². The van der Waals surface area contributed by atoms with Gasteiger partial charge in [-0.05, 0) is 17.7 Å². The van der Waals surface area contributed by atoms with E-state index in [1.54, 1.807) is 36.4 Å². The van der Waals surface area contributed by atoms with E-state index in [0.29, 0.717) is 5.56 Å². The van der Waals surface area contributed by atoms with Crippen molar-refractivity contribution in [3.8, 4) is 6.07 Å². The average Bonchev–Trinajstić information content (AvgIpc) is 2.56. The molecule has 0 saturated carbocycles. The summed E-state index contributed by atoms with van der Waals surface area (Å²) in [7, 11) is -4.24. The van der Waals surface area contributed by atoms with Gasteiger partial charge in [0.2, 0.25) is 0 Å². The summed E-state index contributed by atoms with van der Waals surface area (Å²) in [6.07, 6.45) is 0. The lowest BCUT2D eigenvalue weighted by atomic mass is 10.2. The Kier molecular flexibility index (Phi) is 4.88. The standard InChI is InChI=1S/C15H12N2O4S/c16-11-15(18)17(21-12-13-7-3-1-4-8-13)22(19,20)14-9-5-2-6-10-14/h1-10H,12H2. The van der Waals surface area contributed by atoms with Gasteiger partial charge in [0.1, 0.15) is 6.61 Å². The first kappa shape index (κ1) is 15.7. The van der Waals surface area contributed by atoms with Crippen LogP contribution in [-0.2, 0) is 26.3 Å². The van der Waals surface area contributed by atoms with Crippen molar-refractivity contribution >= 4 is 15.9 Å². The molecule has 0 heterocycles. The van der Waals surface area contributed by atoms with Crippen molar-refractivity contribution in [2.24, 2.45) is 0 Å². The zero-order valence-electron chi connectivity index (χ0n) is 11.4. The molecular weight excluding hydrogens is 304 g/mol. The van der Waals surface area contributed by atoms with E-state index in [2.05, 4.69) is 0 Å². The van der Waals surface area contributed by atoms with Gasteiger partial charge in [0, 0.05) is 0 Å².